The lowest BCUT2D eigenvalue weighted by atomic mass is 9.96. The van der Waals surface area contributed by atoms with E-state index in [1.807, 2.05) is 0 Å². The summed E-state index contributed by atoms with van der Waals surface area (Å²) in [5, 5.41) is 16.6. The molecule has 1 amide bonds. The number of thiazole rings is 1. The summed E-state index contributed by atoms with van der Waals surface area (Å²) < 4.78 is 38.9. The van der Waals surface area contributed by atoms with Gasteiger partial charge in [0.2, 0.25) is 5.95 Å². The summed E-state index contributed by atoms with van der Waals surface area (Å²) in [6.07, 6.45) is 11.0. The van der Waals surface area contributed by atoms with Crippen molar-refractivity contribution in [2.45, 2.75) is 64.6 Å². The Labute approximate surface area is 269 Å². The Hall–Kier alpha value is -4.41. The summed E-state index contributed by atoms with van der Waals surface area (Å²) in [6.45, 7) is 2.22. The predicted octanol–water partition coefficient (Wildman–Crippen LogP) is 3.88. The van der Waals surface area contributed by atoms with Gasteiger partial charge >= 0.3 is 5.97 Å². The number of methoxy groups -OCH3 is 2. The van der Waals surface area contributed by atoms with Gasteiger partial charge in [-0.1, -0.05) is 19.3 Å². The summed E-state index contributed by atoms with van der Waals surface area (Å²) >= 11 is 1.27. The van der Waals surface area contributed by atoms with Crippen molar-refractivity contribution >= 4 is 41.4 Å². The van der Waals surface area contributed by atoms with E-state index in [0.29, 0.717) is 11.3 Å². The number of allylic oxidation sites excluding steroid dienone is 1. The maximum atomic E-state index is 14.4. The van der Waals surface area contributed by atoms with Crippen molar-refractivity contribution in [3.8, 4) is 10.6 Å². The number of pyridine rings is 1. The van der Waals surface area contributed by atoms with E-state index in [4.69, 9.17) is 15.6 Å². The average molecular weight is 664 g/mol. The van der Waals surface area contributed by atoms with Crippen LogP contribution in [-0.2, 0) is 25.8 Å². The number of esters is 1. The Balaban J connectivity index is 0.000000577. The number of rotatable bonds is 11. The van der Waals surface area contributed by atoms with E-state index in [-0.39, 0.29) is 55.3 Å². The highest BCUT2D eigenvalue weighted by atomic mass is 32.1. The molecule has 1 fully saturated rings. The van der Waals surface area contributed by atoms with Crippen LogP contribution in [0.2, 0.25) is 0 Å². The molecule has 0 spiro atoms. The molecule has 0 saturated heterocycles. The van der Waals surface area contributed by atoms with Crippen molar-refractivity contribution in [2.75, 3.05) is 20.8 Å². The van der Waals surface area contributed by atoms with Crippen LogP contribution in [0.25, 0.3) is 16.3 Å². The number of halogens is 2. The largest absolute Gasteiger partial charge is 0.469 e. The van der Waals surface area contributed by atoms with Gasteiger partial charge in [-0.05, 0) is 31.9 Å². The number of aliphatic hydroxyl groups excluding tert-OH is 1. The Bertz CT molecular complexity index is 1470. The third kappa shape index (κ3) is 12.5. The number of aliphatic hydroxyl groups is 1. The van der Waals surface area contributed by atoms with Crippen molar-refractivity contribution in [3.63, 3.8) is 0 Å². The molecular formula is C30H39F2N7O6S. The average Bonchev–Trinajstić information content (AvgIpc) is 3.74. The molecule has 0 radical (unpaired) electrons. The lowest BCUT2D eigenvalue weighted by Crippen LogP contribution is -2.27. The number of ether oxygens (including phenoxy) is 2. The fraction of sp³-hybridized carbons (Fsp3) is 0.433. The first-order valence-electron chi connectivity index (χ1n) is 14.4. The minimum absolute atomic E-state index is 0.0278. The van der Waals surface area contributed by atoms with Gasteiger partial charge in [-0.25, -0.2) is 19.0 Å². The first kappa shape index (κ1) is 37.8. The number of nitrogens with one attached hydrogen (secondary N) is 1. The van der Waals surface area contributed by atoms with Crippen LogP contribution in [0.1, 0.15) is 68.1 Å². The number of amides is 1. The first-order valence-corrected chi connectivity index (χ1v) is 15.3. The van der Waals surface area contributed by atoms with E-state index in [1.165, 1.54) is 24.7 Å². The van der Waals surface area contributed by atoms with Gasteiger partial charge in [0.15, 0.2) is 5.82 Å². The molecule has 4 N–H and O–H groups in total. The summed E-state index contributed by atoms with van der Waals surface area (Å²) in [7, 11) is 2.86. The number of aliphatic imine (C=N–C) groups is 1. The second kappa shape index (κ2) is 20.6. The van der Waals surface area contributed by atoms with Crippen molar-refractivity contribution in [1.29, 1.82) is 0 Å². The quantitative estimate of drug-likeness (QED) is 0.118. The van der Waals surface area contributed by atoms with Crippen LogP contribution in [0.4, 0.5) is 8.78 Å². The van der Waals surface area contributed by atoms with Crippen molar-refractivity contribution in [2.24, 2.45) is 10.7 Å². The van der Waals surface area contributed by atoms with E-state index >= 15 is 0 Å². The second-order valence-electron chi connectivity index (χ2n) is 9.64. The monoisotopic (exact) mass is 663 g/mol. The van der Waals surface area contributed by atoms with Gasteiger partial charge in [0, 0.05) is 43.5 Å². The van der Waals surface area contributed by atoms with Crippen LogP contribution in [-0.4, -0.2) is 76.1 Å². The zero-order valence-electron chi connectivity index (χ0n) is 25.9. The van der Waals surface area contributed by atoms with Crippen LogP contribution in [0.15, 0.2) is 40.6 Å². The normalized spacial score (nSPS) is 13.5. The predicted molar refractivity (Wildman–Crippen MR) is 169 cm³/mol. The number of carbonyl (C=O) groups excluding carboxylic acids is 3. The topological polar surface area (TPSA) is 184 Å². The highest BCUT2D eigenvalue weighted by Crippen LogP contribution is 2.24. The molecule has 46 heavy (non-hydrogen) atoms. The fourth-order valence-electron chi connectivity index (χ4n) is 3.97. The molecule has 4 rings (SSSR count). The van der Waals surface area contributed by atoms with Gasteiger partial charge < -0.3 is 30.4 Å². The Morgan fingerprint density at radius 1 is 1.22 bits per heavy atom. The van der Waals surface area contributed by atoms with E-state index < -0.39 is 23.4 Å². The fourth-order valence-corrected chi connectivity index (χ4v) is 4.74. The van der Waals surface area contributed by atoms with E-state index in [9.17, 15) is 23.2 Å². The number of aromatic nitrogens is 4. The van der Waals surface area contributed by atoms with Crippen LogP contribution in [0, 0.1) is 11.8 Å². The molecule has 16 heteroatoms. The maximum absolute atomic E-state index is 14.4. The van der Waals surface area contributed by atoms with Crippen LogP contribution in [0.5, 0.6) is 0 Å². The van der Waals surface area contributed by atoms with E-state index in [1.54, 1.807) is 36.5 Å². The van der Waals surface area contributed by atoms with Gasteiger partial charge in [-0.3, -0.25) is 14.6 Å². The van der Waals surface area contributed by atoms with Crippen LogP contribution in [0.3, 0.4) is 0 Å². The SMILES string of the molecule is CCO.COC(=O)CCC=O.COCn1cc(-c2nc(C(=O)N/C(C=NC3CCCCC3)=C(/N)c3nc(F)ccc3F)cs2)cn1. The molecule has 0 unspecified atom stereocenters. The number of hydrogen-bond donors (Lipinski definition) is 3. The number of aldehydes is 1. The summed E-state index contributed by atoms with van der Waals surface area (Å²) in [5.41, 5.74) is 6.40. The number of carbonyl (C=O) groups is 3. The molecule has 1 aliphatic rings. The molecule has 0 bridgehead atoms. The minimum atomic E-state index is -0.891. The number of nitrogens with two attached hydrogens (primary N) is 1. The summed E-state index contributed by atoms with van der Waals surface area (Å²) in [6, 6.07) is 1.90. The standard InChI is InChI=1S/C23H25F2N7O2S.C5H8O3.C2H6O/c1-34-13-32-11-14(9-28-32)23-30-18(12-35-23)22(33)29-17(10-27-15-5-3-2-4-6-15)20(26)21-16(24)7-8-19(25)31-21;1-8-5(7)3-2-4-6;1-2-3/h7-12,15H,2-6,13,26H2,1H3,(H,29,33);4H,2-3H2,1H3;3H,2H2,1H3/b20-17+,27-10?;;. The molecular weight excluding hydrogens is 624 g/mol. The van der Waals surface area contributed by atoms with Gasteiger partial charge in [0.1, 0.15) is 29.4 Å². The zero-order chi connectivity index (χ0) is 33.9. The third-order valence-electron chi connectivity index (χ3n) is 6.17. The van der Waals surface area contributed by atoms with Gasteiger partial charge in [0.25, 0.3) is 5.91 Å². The van der Waals surface area contributed by atoms with E-state index in [2.05, 4.69) is 30.1 Å². The third-order valence-corrected chi connectivity index (χ3v) is 7.06. The molecule has 1 saturated carbocycles. The van der Waals surface area contributed by atoms with Crippen molar-refractivity contribution in [1.82, 2.24) is 25.1 Å². The highest BCUT2D eigenvalue weighted by molar-refractivity contribution is 7.13. The molecule has 3 aromatic heterocycles. The number of hydrogen-bond acceptors (Lipinski definition) is 12. The molecule has 250 valence electrons. The molecule has 0 atom stereocenters. The molecule has 1 aliphatic carbocycles. The summed E-state index contributed by atoms with van der Waals surface area (Å²) in [4.78, 5) is 45.3. The highest BCUT2D eigenvalue weighted by Gasteiger charge is 2.19. The van der Waals surface area contributed by atoms with Crippen molar-refractivity contribution < 1.29 is 37.7 Å². The van der Waals surface area contributed by atoms with E-state index in [0.717, 1.165) is 49.8 Å². The van der Waals surface area contributed by atoms with Gasteiger partial charge in [-0.2, -0.15) is 9.49 Å². The second-order valence-corrected chi connectivity index (χ2v) is 10.5. The van der Waals surface area contributed by atoms with Crippen LogP contribution >= 0.6 is 11.3 Å². The minimum Gasteiger partial charge on any atom is -0.469 e. The lowest BCUT2D eigenvalue weighted by Gasteiger charge is -2.18. The lowest BCUT2D eigenvalue weighted by molar-refractivity contribution is -0.141. The molecule has 3 aromatic rings. The van der Waals surface area contributed by atoms with Crippen molar-refractivity contribution in [3.05, 3.63) is 58.8 Å². The Morgan fingerprint density at radius 2 is 1.93 bits per heavy atom. The Morgan fingerprint density at radius 3 is 2.59 bits per heavy atom. The Kier molecular flexibility index (Phi) is 16.9. The molecule has 0 aliphatic heterocycles. The zero-order valence-corrected chi connectivity index (χ0v) is 26.8. The maximum Gasteiger partial charge on any atom is 0.305 e. The van der Waals surface area contributed by atoms with Gasteiger partial charge in [-0.15, -0.1) is 11.3 Å². The van der Waals surface area contributed by atoms with Crippen LogP contribution < -0.4 is 11.1 Å². The smallest absolute Gasteiger partial charge is 0.305 e. The molecule has 13 nitrogen and oxygen atoms in total. The molecule has 3 heterocycles. The first-order chi connectivity index (χ1) is 22.2. The molecule has 0 aromatic carbocycles. The summed E-state index contributed by atoms with van der Waals surface area (Å²) in [5.74, 6) is -2.61. The van der Waals surface area contributed by atoms with Gasteiger partial charge in [0.05, 0.1) is 37.2 Å². The number of nitrogens with zero attached hydrogens (tertiary/aromatic N) is 5.